The second-order valence-electron chi connectivity index (χ2n) is 6.39. The van der Waals surface area contributed by atoms with Crippen LogP contribution >= 0.6 is 0 Å². The zero-order chi connectivity index (χ0) is 17.8. The molecule has 0 radical (unpaired) electrons. The van der Waals surface area contributed by atoms with Gasteiger partial charge in [-0.15, -0.1) is 0 Å². The van der Waals surface area contributed by atoms with Crippen LogP contribution in [-0.2, 0) is 6.42 Å². The molecule has 0 spiro atoms. The summed E-state index contributed by atoms with van der Waals surface area (Å²) in [5.41, 5.74) is 6.73. The van der Waals surface area contributed by atoms with E-state index in [1.807, 2.05) is 42.5 Å². The monoisotopic (exact) mass is 336 g/mol. The smallest absolute Gasteiger partial charge is 0.123 e. The number of benzene rings is 4. The third kappa shape index (κ3) is 3.25. The molecule has 4 rings (SSSR count). The molecule has 0 heterocycles. The highest BCUT2D eigenvalue weighted by Crippen LogP contribution is 2.39. The molecule has 0 saturated heterocycles. The Morgan fingerprint density at radius 2 is 1.15 bits per heavy atom. The molecule has 0 saturated carbocycles. The van der Waals surface area contributed by atoms with E-state index in [1.165, 1.54) is 11.1 Å². The SMILES string of the molecule is Oc1ccccc1-c1c(Cc2ccccc2)cccc1-c1ccccc1. The summed E-state index contributed by atoms with van der Waals surface area (Å²) in [4.78, 5) is 0. The van der Waals surface area contributed by atoms with Crippen LogP contribution in [0.2, 0.25) is 0 Å². The fraction of sp³-hybridized carbons (Fsp3) is 0.0400. The number of para-hydroxylation sites is 1. The predicted octanol–water partition coefficient (Wildman–Crippen LogP) is 6.32. The normalized spacial score (nSPS) is 10.6. The van der Waals surface area contributed by atoms with Crippen LogP contribution in [0.25, 0.3) is 22.3 Å². The number of phenolic OH excluding ortho intramolecular Hbond substituents is 1. The molecule has 4 aromatic carbocycles. The maximum Gasteiger partial charge on any atom is 0.123 e. The number of hydrogen-bond acceptors (Lipinski definition) is 1. The molecule has 0 amide bonds. The summed E-state index contributed by atoms with van der Waals surface area (Å²) in [6.45, 7) is 0. The van der Waals surface area contributed by atoms with Gasteiger partial charge in [0.05, 0.1) is 0 Å². The molecule has 0 bridgehead atoms. The number of phenols is 1. The Morgan fingerprint density at radius 1 is 0.538 bits per heavy atom. The maximum atomic E-state index is 10.5. The van der Waals surface area contributed by atoms with Crippen LogP contribution in [0.1, 0.15) is 11.1 Å². The van der Waals surface area contributed by atoms with Gasteiger partial charge in [-0.2, -0.15) is 0 Å². The van der Waals surface area contributed by atoms with Crippen molar-refractivity contribution >= 4 is 0 Å². The first-order chi connectivity index (χ1) is 12.8. The first-order valence-electron chi connectivity index (χ1n) is 8.82. The molecular weight excluding hydrogens is 316 g/mol. The van der Waals surface area contributed by atoms with Crippen molar-refractivity contribution in [2.75, 3.05) is 0 Å². The van der Waals surface area contributed by atoms with E-state index in [1.54, 1.807) is 6.07 Å². The fourth-order valence-electron chi connectivity index (χ4n) is 3.42. The van der Waals surface area contributed by atoms with Gasteiger partial charge in [0, 0.05) is 5.56 Å². The number of aromatic hydroxyl groups is 1. The Morgan fingerprint density at radius 3 is 1.88 bits per heavy atom. The van der Waals surface area contributed by atoms with Crippen LogP contribution in [0.5, 0.6) is 5.75 Å². The highest BCUT2D eigenvalue weighted by atomic mass is 16.3. The highest BCUT2D eigenvalue weighted by Gasteiger charge is 2.15. The molecule has 0 atom stereocenters. The van der Waals surface area contributed by atoms with Crippen molar-refractivity contribution in [3.63, 3.8) is 0 Å². The molecule has 1 nitrogen and oxygen atoms in total. The van der Waals surface area contributed by atoms with Gasteiger partial charge in [0.25, 0.3) is 0 Å². The van der Waals surface area contributed by atoms with Crippen LogP contribution < -0.4 is 0 Å². The van der Waals surface area contributed by atoms with Crippen molar-refractivity contribution in [2.24, 2.45) is 0 Å². The first kappa shape index (κ1) is 16.2. The maximum absolute atomic E-state index is 10.5. The third-order valence-corrected chi connectivity index (χ3v) is 4.65. The van der Waals surface area contributed by atoms with E-state index in [0.717, 1.165) is 28.7 Å². The Hall–Kier alpha value is -3.32. The van der Waals surface area contributed by atoms with Crippen molar-refractivity contribution in [3.8, 4) is 28.0 Å². The van der Waals surface area contributed by atoms with Crippen LogP contribution in [-0.4, -0.2) is 5.11 Å². The molecule has 0 aliphatic heterocycles. The van der Waals surface area contributed by atoms with Crippen molar-refractivity contribution in [1.29, 1.82) is 0 Å². The topological polar surface area (TPSA) is 20.2 Å². The second kappa shape index (κ2) is 7.28. The highest BCUT2D eigenvalue weighted by molar-refractivity contribution is 5.88. The summed E-state index contributed by atoms with van der Waals surface area (Å²) in [5, 5.41) is 10.5. The molecule has 0 aromatic heterocycles. The quantitative estimate of drug-likeness (QED) is 0.462. The molecule has 0 aliphatic carbocycles. The average molecular weight is 336 g/mol. The summed E-state index contributed by atoms with van der Waals surface area (Å²) in [6, 6.07) is 34.8. The Kier molecular flexibility index (Phi) is 4.53. The predicted molar refractivity (Wildman–Crippen MR) is 108 cm³/mol. The average Bonchev–Trinajstić information content (AvgIpc) is 2.70. The lowest BCUT2D eigenvalue weighted by atomic mass is 9.87. The van der Waals surface area contributed by atoms with E-state index >= 15 is 0 Å². The van der Waals surface area contributed by atoms with Gasteiger partial charge < -0.3 is 5.11 Å². The first-order valence-corrected chi connectivity index (χ1v) is 8.82. The van der Waals surface area contributed by atoms with Crippen molar-refractivity contribution < 1.29 is 5.11 Å². The fourth-order valence-corrected chi connectivity index (χ4v) is 3.42. The summed E-state index contributed by atoms with van der Waals surface area (Å²) in [6.07, 6.45) is 0.825. The van der Waals surface area contributed by atoms with E-state index in [-0.39, 0.29) is 0 Å². The van der Waals surface area contributed by atoms with Gasteiger partial charge in [0.1, 0.15) is 5.75 Å². The van der Waals surface area contributed by atoms with Gasteiger partial charge in [-0.05, 0) is 40.3 Å². The summed E-state index contributed by atoms with van der Waals surface area (Å²) >= 11 is 0. The van der Waals surface area contributed by atoms with Crippen molar-refractivity contribution in [2.45, 2.75) is 6.42 Å². The molecular formula is C25H20O. The van der Waals surface area contributed by atoms with Gasteiger partial charge in [-0.25, -0.2) is 0 Å². The standard InChI is InChI=1S/C25H20O/c26-24-17-8-7-15-23(24)25-21(18-19-10-3-1-4-11-19)14-9-16-22(25)20-12-5-2-6-13-20/h1-17,26H,18H2. The second-order valence-corrected chi connectivity index (χ2v) is 6.39. The zero-order valence-electron chi connectivity index (χ0n) is 14.5. The van der Waals surface area contributed by atoms with Crippen LogP contribution in [0.3, 0.4) is 0 Å². The van der Waals surface area contributed by atoms with Crippen LogP contribution in [0.4, 0.5) is 0 Å². The van der Waals surface area contributed by atoms with Crippen molar-refractivity contribution in [1.82, 2.24) is 0 Å². The van der Waals surface area contributed by atoms with E-state index < -0.39 is 0 Å². The number of hydrogen-bond donors (Lipinski definition) is 1. The van der Waals surface area contributed by atoms with Gasteiger partial charge in [-0.3, -0.25) is 0 Å². The molecule has 126 valence electrons. The Balaban J connectivity index is 1.93. The van der Waals surface area contributed by atoms with Gasteiger partial charge >= 0.3 is 0 Å². The Labute approximate surface area is 154 Å². The molecule has 0 aliphatic rings. The van der Waals surface area contributed by atoms with E-state index in [4.69, 9.17) is 0 Å². The van der Waals surface area contributed by atoms with E-state index in [9.17, 15) is 5.11 Å². The molecule has 0 unspecified atom stereocenters. The van der Waals surface area contributed by atoms with E-state index in [0.29, 0.717) is 5.75 Å². The Bertz CT molecular complexity index is 1000. The molecule has 4 aromatic rings. The summed E-state index contributed by atoms with van der Waals surface area (Å²) in [5.74, 6) is 0.310. The largest absolute Gasteiger partial charge is 0.507 e. The third-order valence-electron chi connectivity index (χ3n) is 4.65. The molecule has 1 N–H and O–H groups in total. The van der Waals surface area contributed by atoms with Gasteiger partial charge in [0.2, 0.25) is 0 Å². The minimum absolute atomic E-state index is 0.310. The van der Waals surface area contributed by atoms with Gasteiger partial charge in [0.15, 0.2) is 0 Å². The summed E-state index contributed by atoms with van der Waals surface area (Å²) < 4.78 is 0. The lowest BCUT2D eigenvalue weighted by Gasteiger charge is -2.17. The minimum Gasteiger partial charge on any atom is -0.507 e. The number of rotatable bonds is 4. The van der Waals surface area contributed by atoms with Gasteiger partial charge in [-0.1, -0.05) is 97.1 Å². The van der Waals surface area contributed by atoms with Crippen molar-refractivity contribution in [3.05, 3.63) is 114 Å². The lowest BCUT2D eigenvalue weighted by molar-refractivity contribution is 0.477. The molecule has 1 heteroatoms. The lowest BCUT2D eigenvalue weighted by Crippen LogP contribution is -1.95. The molecule has 26 heavy (non-hydrogen) atoms. The van der Waals surface area contributed by atoms with Crippen LogP contribution in [0, 0.1) is 0 Å². The van der Waals surface area contributed by atoms with Crippen LogP contribution in [0.15, 0.2) is 103 Å². The summed E-state index contributed by atoms with van der Waals surface area (Å²) in [7, 11) is 0. The molecule has 0 fully saturated rings. The minimum atomic E-state index is 0.310. The van der Waals surface area contributed by atoms with E-state index in [2.05, 4.69) is 54.6 Å². The zero-order valence-corrected chi connectivity index (χ0v) is 14.5.